The van der Waals surface area contributed by atoms with Gasteiger partial charge in [0.15, 0.2) is 5.65 Å². The quantitative estimate of drug-likeness (QED) is 0.388. The van der Waals surface area contributed by atoms with Gasteiger partial charge in [0.1, 0.15) is 11.3 Å². The van der Waals surface area contributed by atoms with Gasteiger partial charge in [-0.05, 0) is 50.6 Å². The van der Waals surface area contributed by atoms with Gasteiger partial charge in [0.2, 0.25) is 0 Å². The summed E-state index contributed by atoms with van der Waals surface area (Å²) in [6.45, 7) is 8.29. The molecule has 0 aliphatic heterocycles. The molecule has 0 amide bonds. The van der Waals surface area contributed by atoms with E-state index in [-0.39, 0.29) is 0 Å². The van der Waals surface area contributed by atoms with E-state index in [1.807, 2.05) is 10.7 Å². The lowest BCUT2D eigenvalue weighted by Gasteiger charge is -2.15. The van der Waals surface area contributed by atoms with Gasteiger partial charge in [0.25, 0.3) is 0 Å². The minimum absolute atomic E-state index is 0.458. The number of hydrogen-bond acceptors (Lipinski definition) is 3. The Morgan fingerprint density at radius 1 is 1.42 bits per heavy atom. The molecule has 0 unspecified atom stereocenters. The smallest absolute Gasteiger partial charge is 0.162 e. The summed E-state index contributed by atoms with van der Waals surface area (Å²) in [5.41, 5.74) is 0.867. The van der Waals surface area contributed by atoms with E-state index in [0.29, 0.717) is 6.73 Å². The van der Waals surface area contributed by atoms with E-state index in [0.717, 1.165) is 25.8 Å². The fraction of sp³-hybridized carbons (Fsp3) is 0.500. The molecule has 2 aromatic rings. The Bertz CT molecular complexity index is 582. The van der Waals surface area contributed by atoms with Crippen molar-refractivity contribution in [2.45, 2.75) is 32.4 Å². The lowest BCUT2D eigenvalue weighted by molar-refractivity contribution is 0.0810. The average Bonchev–Trinajstić information content (AvgIpc) is 2.62. The monoisotopic (exact) mass is 453 g/mol. The molecule has 0 saturated heterocycles. The Balaban J connectivity index is 2.08. The number of nitrogens with zero attached hydrogens (tertiary/aromatic N) is 3. The molecule has 0 aliphatic carbocycles. The maximum absolute atomic E-state index is 5.73. The second kappa shape index (κ2) is 6.19. The Hall–Kier alpha value is 0.00688. The van der Waals surface area contributed by atoms with E-state index >= 15 is 0 Å². The Labute approximate surface area is 136 Å². The Kier molecular flexibility index (Phi) is 5.02. The van der Waals surface area contributed by atoms with Gasteiger partial charge in [-0.25, -0.2) is 9.67 Å². The van der Waals surface area contributed by atoms with Gasteiger partial charge in [-0.3, -0.25) is 0 Å². The van der Waals surface area contributed by atoms with Crippen molar-refractivity contribution in [3.63, 3.8) is 0 Å². The topological polar surface area (TPSA) is 39.9 Å². The molecule has 2 rings (SSSR count). The van der Waals surface area contributed by atoms with Crippen LogP contribution in [0.1, 0.15) is 0 Å². The van der Waals surface area contributed by atoms with Gasteiger partial charge in [-0.2, -0.15) is 5.10 Å². The zero-order valence-corrected chi connectivity index (χ0v) is 16.0. The molecule has 0 aromatic carbocycles. The predicted octanol–water partition coefficient (Wildman–Crippen LogP) is 4.11. The highest BCUT2D eigenvalue weighted by atomic mass is 127. The van der Waals surface area contributed by atoms with Crippen molar-refractivity contribution < 1.29 is 4.74 Å². The molecule has 0 aliphatic rings. The summed E-state index contributed by atoms with van der Waals surface area (Å²) >= 11 is 5.78. The molecule has 0 fully saturated rings. The van der Waals surface area contributed by atoms with E-state index in [9.17, 15) is 0 Å². The van der Waals surface area contributed by atoms with E-state index in [2.05, 4.69) is 68.2 Å². The van der Waals surface area contributed by atoms with Crippen LogP contribution < -0.4 is 0 Å². The third kappa shape index (κ3) is 3.99. The van der Waals surface area contributed by atoms with E-state index in [1.165, 1.54) is 6.04 Å². The van der Waals surface area contributed by atoms with Crippen LogP contribution in [0.2, 0.25) is 25.7 Å². The predicted molar refractivity (Wildman–Crippen MR) is 92.1 cm³/mol. The molecule has 0 radical (unpaired) electrons. The number of hydrogen-bond donors (Lipinski definition) is 0. The minimum Gasteiger partial charge on any atom is -0.359 e. The molecule has 0 bridgehead atoms. The Morgan fingerprint density at radius 2 is 2.16 bits per heavy atom. The second-order valence-corrected chi connectivity index (χ2v) is 13.2. The molecule has 104 valence electrons. The second-order valence-electron chi connectivity index (χ2n) is 5.63. The molecule has 2 heterocycles. The normalized spacial score (nSPS) is 12.3. The molecule has 7 heteroatoms. The lowest BCUT2D eigenvalue weighted by atomic mass is 10.4. The average molecular weight is 454 g/mol. The maximum Gasteiger partial charge on any atom is 0.162 e. The number of halogens is 2. The van der Waals surface area contributed by atoms with Gasteiger partial charge in [0.05, 0.1) is 5.39 Å². The zero-order valence-electron chi connectivity index (χ0n) is 11.3. The van der Waals surface area contributed by atoms with Crippen LogP contribution in [0.25, 0.3) is 11.0 Å². The number of aromatic nitrogens is 3. The summed E-state index contributed by atoms with van der Waals surface area (Å²) < 4.78 is 9.51. The van der Waals surface area contributed by atoms with Crippen molar-refractivity contribution in [2.24, 2.45) is 0 Å². The van der Waals surface area contributed by atoms with Crippen LogP contribution >= 0.6 is 38.5 Å². The van der Waals surface area contributed by atoms with Gasteiger partial charge in [0, 0.05) is 24.4 Å². The van der Waals surface area contributed by atoms with Crippen molar-refractivity contribution in [3.05, 3.63) is 20.4 Å². The fourth-order valence-corrected chi connectivity index (χ4v) is 4.00. The first-order valence-electron chi connectivity index (χ1n) is 6.13. The lowest BCUT2D eigenvalue weighted by Crippen LogP contribution is -2.22. The number of rotatable bonds is 5. The highest BCUT2D eigenvalue weighted by molar-refractivity contribution is 14.1. The first kappa shape index (κ1) is 15.4. The Morgan fingerprint density at radius 3 is 2.84 bits per heavy atom. The number of pyridine rings is 1. The summed E-state index contributed by atoms with van der Waals surface area (Å²) in [7, 11) is -1.03. The molecule has 2 aromatic heterocycles. The van der Waals surface area contributed by atoms with Crippen LogP contribution in [0.5, 0.6) is 0 Å². The van der Waals surface area contributed by atoms with Crippen LogP contribution in [0.3, 0.4) is 0 Å². The van der Waals surface area contributed by atoms with Crippen LogP contribution in [0.4, 0.5) is 0 Å². The largest absolute Gasteiger partial charge is 0.359 e. The van der Waals surface area contributed by atoms with Crippen LogP contribution in [-0.4, -0.2) is 29.4 Å². The van der Waals surface area contributed by atoms with Gasteiger partial charge in [-0.1, -0.05) is 19.6 Å². The fourth-order valence-electron chi connectivity index (χ4n) is 1.64. The number of fused-ring (bicyclic) bond motifs is 1. The van der Waals surface area contributed by atoms with Crippen molar-refractivity contribution in [2.75, 3.05) is 6.61 Å². The van der Waals surface area contributed by atoms with Crippen LogP contribution in [0.15, 0.2) is 16.9 Å². The molecule has 0 spiro atoms. The molecular formula is C12H17BrIN3OSi. The minimum atomic E-state index is -1.03. The van der Waals surface area contributed by atoms with E-state index in [4.69, 9.17) is 4.74 Å². The van der Waals surface area contributed by atoms with Crippen molar-refractivity contribution >= 4 is 57.6 Å². The summed E-state index contributed by atoms with van der Waals surface area (Å²) in [5.74, 6) is 0. The van der Waals surface area contributed by atoms with Gasteiger partial charge in [-0.15, -0.1) is 0 Å². The molecule has 19 heavy (non-hydrogen) atoms. The summed E-state index contributed by atoms with van der Waals surface area (Å²) in [6.07, 6.45) is 1.80. The third-order valence-corrected chi connectivity index (χ3v) is 5.91. The van der Waals surface area contributed by atoms with Crippen molar-refractivity contribution in [1.82, 2.24) is 14.8 Å². The number of ether oxygens (including phenoxy) is 1. The summed E-state index contributed by atoms with van der Waals surface area (Å²) in [4.78, 5) is 4.38. The van der Waals surface area contributed by atoms with Gasteiger partial charge < -0.3 is 4.74 Å². The van der Waals surface area contributed by atoms with Crippen molar-refractivity contribution in [3.8, 4) is 0 Å². The third-order valence-electron chi connectivity index (χ3n) is 2.75. The maximum atomic E-state index is 5.73. The molecule has 0 atom stereocenters. The highest BCUT2D eigenvalue weighted by Crippen LogP contribution is 2.26. The van der Waals surface area contributed by atoms with E-state index in [1.54, 1.807) is 6.20 Å². The zero-order chi connectivity index (χ0) is 14.0. The summed E-state index contributed by atoms with van der Waals surface area (Å²) in [6, 6.07) is 3.14. The standard InChI is InChI=1S/C12H17BrIN3OSi/c1-19(2,3)7-6-18-8-17-12-10(11(13)16-17)9(14)4-5-15-12/h4-5H,6-8H2,1-3H3. The van der Waals surface area contributed by atoms with Crippen molar-refractivity contribution in [1.29, 1.82) is 0 Å². The van der Waals surface area contributed by atoms with Gasteiger partial charge >= 0.3 is 0 Å². The molecule has 0 saturated carbocycles. The van der Waals surface area contributed by atoms with E-state index < -0.39 is 8.07 Å². The molecular weight excluding hydrogens is 437 g/mol. The summed E-state index contributed by atoms with van der Waals surface area (Å²) in [5, 5.41) is 5.49. The SMILES string of the molecule is C[Si](C)(C)CCOCn1nc(Br)c2c(I)ccnc21. The van der Waals surface area contributed by atoms with Crippen LogP contribution in [-0.2, 0) is 11.5 Å². The first-order valence-corrected chi connectivity index (χ1v) is 11.7. The molecule has 0 N–H and O–H groups in total. The first-order chi connectivity index (χ1) is 8.88. The molecule has 4 nitrogen and oxygen atoms in total. The highest BCUT2D eigenvalue weighted by Gasteiger charge is 2.14. The van der Waals surface area contributed by atoms with Crippen LogP contribution in [0, 0.1) is 3.57 Å².